The molecule has 5 rings (SSSR count). The molecule has 0 unspecified atom stereocenters. The number of esters is 1. The van der Waals surface area contributed by atoms with E-state index in [0.29, 0.717) is 25.1 Å². The number of benzene rings is 1. The van der Waals surface area contributed by atoms with Gasteiger partial charge in [-0.3, -0.25) is 9.59 Å². The van der Waals surface area contributed by atoms with Crippen molar-refractivity contribution in [2.24, 2.45) is 5.92 Å². The number of nitrogens with zero attached hydrogens (tertiary/aromatic N) is 2. The van der Waals surface area contributed by atoms with Crippen LogP contribution < -0.4 is 15.4 Å². The molecular weight excluding hydrogens is 576 g/mol. The fraction of sp³-hybridized carbons (Fsp3) is 0.559. The summed E-state index contributed by atoms with van der Waals surface area (Å²) >= 11 is 0. The number of rotatable bonds is 5. The van der Waals surface area contributed by atoms with Crippen LogP contribution in [0.15, 0.2) is 48.7 Å². The lowest BCUT2D eigenvalue weighted by Gasteiger charge is -2.30. The van der Waals surface area contributed by atoms with Crippen molar-refractivity contribution in [3.63, 3.8) is 0 Å². The molecule has 1 aromatic heterocycles. The Morgan fingerprint density at radius 1 is 1.13 bits per heavy atom. The standard InChI is InChI=1S/C34H44N4O7/c1-5-43-31(41)34-20-23(34)14-9-7-6-8-10-16-26(36-32(42)45-33(2,3)4)30(40)38-21-24(19-27(38)28(39)37-34)44-29-25-15-12-11-13-22(25)17-18-35-29/h9,11-15,17-18,23-24,26-27H,5-8,10,16,19-21H2,1-4H3,(H,36,42)(H,37,39)/b14-9-/t23-,24-,26+,27+,34-/m1/s1. The first-order chi connectivity index (χ1) is 21.5. The predicted molar refractivity (Wildman–Crippen MR) is 167 cm³/mol. The molecule has 45 heavy (non-hydrogen) atoms. The average molecular weight is 621 g/mol. The van der Waals surface area contributed by atoms with E-state index in [2.05, 4.69) is 15.6 Å². The van der Waals surface area contributed by atoms with Crippen molar-refractivity contribution in [2.75, 3.05) is 13.2 Å². The number of hydrogen-bond donors (Lipinski definition) is 2. The molecule has 5 atom stereocenters. The van der Waals surface area contributed by atoms with E-state index >= 15 is 0 Å². The van der Waals surface area contributed by atoms with E-state index in [1.807, 2.05) is 42.5 Å². The molecule has 0 bridgehead atoms. The molecular formula is C34H44N4O7. The van der Waals surface area contributed by atoms with Crippen molar-refractivity contribution in [3.8, 4) is 5.88 Å². The summed E-state index contributed by atoms with van der Waals surface area (Å²) in [6.07, 6.45) is 8.66. The number of hydrogen-bond acceptors (Lipinski definition) is 8. The fourth-order valence-corrected chi connectivity index (χ4v) is 6.19. The number of carbonyl (C=O) groups is 4. The number of fused-ring (bicyclic) bond motifs is 3. The zero-order valence-electron chi connectivity index (χ0n) is 26.5. The largest absolute Gasteiger partial charge is 0.472 e. The quantitative estimate of drug-likeness (QED) is 0.370. The molecule has 1 aliphatic carbocycles. The highest BCUT2D eigenvalue weighted by atomic mass is 16.6. The first-order valence-electron chi connectivity index (χ1n) is 16.0. The van der Waals surface area contributed by atoms with Crippen molar-refractivity contribution >= 4 is 34.6 Å². The van der Waals surface area contributed by atoms with Gasteiger partial charge in [0.2, 0.25) is 17.7 Å². The minimum absolute atomic E-state index is 0.101. The van der Waals surface area contributed by atoms with E-state index in [1.54, 1.807) is 33.9 Å². The first kappa shape index (κ1) is 32.2. The number of carbonyl (C=O) groups excluding carboxylic acids is 4. The number of pyridine rings is 1. The Balaban J connectivity index is 1.45. The van der Waals surface area contributed by atoms with Crippen LogP contribution in [-0.4, -0.2) is 76.2 Å². The van der Waals surface area contributed by atoms with Crippen molar-refractivity contribution in [3.05, 3.63) is 48.7 Å². The van der Waals surface area contributed by atoms with Gasteiger partial charge in [-0.1, -0.05) is 43.2 Å². The van der Waals surface area contributed by atoms with Crippen LogP contribution in [0, 0.1) is 5.92 Å². The van der Waals surface area contributed by atoms with Gasteiger partial charge in [0.05, 0.1) is 13.2 Å². The molecule has 2 N–H and O–H groups in total. The molecule has 2 aromatic rings. The second kappa shape index (κ2) is 13.5. The van der Waals surface area contributed by atoms with Crippen LogP contribution in [-0.2, 0) is 23.9 Å². The SMILES string of the molecule is CCOC(=O)[C@@]12C[C@H]1/C=C\CCCCC[C@H](NC(=O)OC(C)(C)C)C(=O)N1C[C@H](Oc3nccc4ccccc34)C[C@H]1C(=O)N2. The first-order valence-corrected chi connectivity index (χ1v) is 16.0. The van der Waals surface area contributed by atoms with Crippen molar-refractivity contribution in [1.82, 2.24) is 20.5 Å². The third-order valence-corrected chi connectivity index (χ3v) is 8.49. The summed E-state index contributed by atoms with van der Waals surface area (Å²) in [7, 11) is 0. The normalized spacial score (nSPS) is 28.0. The number of allylic oxidation sites excluding steroid dienone is 1. The summed E-state index contributed by atoms with van der Waals surface area (Å²) in [5, 5.41) is 7.51. The Bertz CT molecular complexity index is 1450. The molecule has 0 radical (unpaired) electrons. The number of nitrogens with one attached hydrogen (secondary N) is 2. The summed E-state index contributed by atoms with van der Waals surface area (Å²) in [6, 6.07) is 7.74. The third kappa shape index (κ3) is 7.57. The van der Waals surface area contributed by atoms with Gasteiger partial charge in [-0.15, -0.1) is 0 Å². The number of amides is 3. The third-order valence-electron chi connectivity index (χ3n) is 8.49. The molecule has 11 nitrogen and oxygen atoms in total. The molecule has 242 valence electrons. The fourth-order valence-electron chi connectivity index (χ4n) is 6.19. The van der Waals surface area contributed by atoms with Crippen LogP contribution in [0.1, 0.15) is 72.6 Å². The summed E-state index contributed by atoms with van der Waals surface area (Å²) < 4.78 is 17.2. The zero-order chi connectivity index (χ0) is 32.2. The second-order valence-corrected chi connectivity index (χ2v) is 13.1. The number of ether oxygens (including phenoxy) is 3. The summed E-state index contributed by atoms with van der Waals surface area (Å²) in [5.74, 6) is -1.12. The van der Waals surface area contributed by atoms with Gasteiger partial charge >= 0.3 is 12.1 Å². The van der Waals surface area contributed by atoms with E-state index < -0.39 is 53.2 Å². The van der Waals surface area contributed by atoms with Crippen LogP contribution >= 0.6 is 0 Å². The molecule has 1 saturated heterocycles. The van der Waals surface area contributed by atoms with Crippen molar-refractivity contribution in [2.45, 2.75) is 102 Å². The molecule has 1 aromatic carbocycles. The van der Waals surface area contributed by atoms with E-state index in [9.17, 15) is 19.2 Å². The molecule has 3 heterocycles. The van der Waals surface area contributed by atoms with Crippen LogP contribution in [0.25, 0.3) is 10.8 Å². The Labute approximate surface area is 264 Å². The van der Waals surface area contributed by atoms with Gasteiger partial charge < -0.3 is 29.7 Å². The maximum Gasteiger partial charge on any atom is 0.408 e. The molecule has 0 spiro atoms. The van der Waals surface area contributed by atoms with E-state index in [4.69, 9.17) is 14.2 Å². The highest BCUT2D eigenvalue weighted by Crippen LogP contribution is 2.46. The van der Waals surface area contributed by atoms with Gasteiger partial charge in [0.25, 0.3) is 0 Å². The van der Waals surface area contributed by atoms with E-state index in [1.165, 1.54) is 4.90 Å². The smallest absolute Gasteiger partial charge is 0.408 e. The lowest BCUT2D eigenvalue weighted by molar-refractivity contribution is -0.150. The number of alkyl carbamates (subject to hydrolysis) is 1. The van der Waals surface area contributed by atoms with Crippen LogP contribution in [0.5, 0.6) is 5.88 Å². The Morgan fingerprint density at radius 3 is 2.71 bits per heavy atom. The van der Waals surface area contributed by atoms with Gasteiger partial charge in [-0.05, 0) is 70.9 Å². The maximum atomic E-state index is 14.2. The molecule has 2 aliphatic heterocycles. The van der Waals surface area contributed by atoms with Gasteiger partial charge in [0.15, 0.2) is 0 Å². The average Bonchev–Trinajstić information content (AvgIpc) is 3.51. The lowest BCUT2D eigenvalue weighted by Crippen LogP contribution is -2.56. The van der Waals surface area contributed by atoms with Crippen LogP contribution in [0.4, 0.5) is 4.79 Å². The minimum Gasteiger partial charge on any atom is -0.472 e. The van der Waals surface area contributed by atoms with Gasteiger partial charge in [-0.25, -0.2) is 14.6 Å². The predicted octanol–water partition coefficient (Wildman–Crippen LogP) is 4.43. The minimum atomic E-state index is -1.18. The highest BCUT2D eigenvalue weighted by Gasteiger charge is 2.62. The highest BCUT2D eigenvalue weighted by molar-refractivity contribution is 5.96. The van der Waals surface area contributed by atoms with Gasteiger partial charge in [-0.2, -0.15) is 0 Å². The van der Waals surface area contributed by atoms with Crippen molar-refractivity contribution < 1.29 is 33.4 Å². The van der Waals surface area contributed by atoms with Crippen LogP contribution in [0.2, 0.25) is 0 Å². The topological polar surface area (TPSA) is 136 Å². The Morgan fingerprint density at radius 2 is 1.93 bits per heavy atom. The maximum absolute atomic E-state index is 14.2. The molecule has 2 fully saturated rings. The second-order valence-electron chi connectivity index (χ2n) is 13.1. The number of aromatic nitrogens is 1. The van der Waals surface area contributed by atoms with E-state index in [-0.39, 0.29) is 25.5 Å². The molecule has 11 heteroatoms. The Kier molecular flexibility index (Phi) is 9.65. The summed E-state index contributed by atoms with van der Waals surface area (Å²) in [5.41, 5.74) is -1.93. The molecule has 3 aliphatic rings. The lowest BCUT2D eigenvalue weighted by atomic mass is 10.0. The molecule has 1 saturated carbocycles. The summed E-state index contributed by atoms with van der Waals surface area (Å²) in [6.45, 7) is 7.29. The van der Waals surface area contributed by atoms with Gasteiger partial charge in [0, 0.05) is 23.9 Å². The zero-order valence-corrected chi connectivity index (χ0v) is 26.5. The van der Waals surface area contributed by atoms with Gasteiger partial charge in [0.1, 0.15) is 29.3 Å². The van der Waals surface area contributed by atoms with Crippen LogP contribution in [0.3, 0.4) is 0 Å². The van der Waals surface area contributed by atoms with E-state index in [0.717, 1.165) is 30.0 Å². The monoisotopic (exact) mass is 620 g/mol. The summed E-state index contributed by atoms with van der Waals surface area (Å²) in [4.78, 5) is 60.1. The Hall–Kier alpha value is -4.15. The van der Waals surface area contributed by atoms with Crippen molar-refractivity contribution in [1.29, 1.82) is 0 Å². The molecule has 3 amide bonds.